The summed E-state index contributed by atoms with van der Waals surface area (Å²) in [5.74, 6) is -0.731. The Bertz CT molecular complexity index is 376. The summed E-state index contributed by atoms with van der Waals surface area (Å²) in [7, 11) is 2.60. The average Bonchev–Trinajstić information content (AvgIpc) is 2.08. The zero-order valence-electron chi connectivity index (χ0n) is 8.65. The lowest BCUT2D eigenvalue weighted by atomic mass is 10.1. The summed E-state index contributed by atoms with van der Waals surface area (Å²) < 4.78 is 51.0. The summed E-state index contributed by atoms with van der Waals surface area (Å²) in [6.45, 7) is 0. The van der Waals surface area contributed by atoms with Gasteiger partial charge in [0.05, 0.1) is 5.02 Å². The number of hydrogen-bond acceptors (Lipinski definition) is 1. The van der Waals surface area contributed by atoms with Crippen molar-refractivity contribution < 1.29 is 17.6 Å². The van der Waals surface area contributed by atoms with Crippen molar-refractivity contribution >= 4 is 11.6 Å². The van der Waals surface area contributed by atoms with Crippen molar-refractivity contribution in [3.63, 3.8) is 0 Å². The van der Waals surface area contributed by atoms with Gasteiger partial charge in [-0.1, -0.05) is 17.7 Å². The number of alkyl halides is 3. The lowest BCUT2D eigenvalue weighted by Gasteiger charge is -2.27. The van der Waals surface area contributed by atoms with E-state index >= 15 is 0 Å². The number of halogens is 5. The molecule has 1 atom stereocenters. The Morgan fingerprint density at radius 1 is 1.25 bits per heavy atom. The second kappa shape index (κ2) is 4.59. The van der Waals surface area contributed by atoms with Crippen molar-refractivity contribution in [2.45, 2.75) is 12.2 Å². The molecule has 0 N–H and O–H groups in total. The molecule has 0 amide bonds. The molecule has 1 unspecified atom stereocenters. The Balaban J connectivity index is 3.17. The van der Waals surface area contributed by atoms with Gasteiger partial charge < -0.3 is 0 Å². The van der Waals surface area contributed by atoms with Gasteiger partial charge in [0.15, 0.2) is 0 Å². The van der Waals surface area contributed by atoms with Gasteiger partial charge >= 0.3 is 6.18 Å². The second-order valence-electron chi connectivity index (χ2n) is 3.58. The van der Waals surface area contributed by atoms with Crippen LogP contribution < -0.4 is 0 Å². The van der Waals surface area contributed by atoms with Gasteiger partial charge in [0.2, 0.25) is 0 Å². The van der Waals surface area contributed by atoms with Gasteiger partial charge in [0.25, 0.3) is 0 Å². The molecule has 0 fully saturated rings. The third kappa shape index (κ3) is 2.86. The SMILES string of the molecule is CN(C)C(c1ccc(F)c(Cl)c1)C(F)(F)F. The first-order valence-corrected chi connectivity index (χ1v) is 4.79. The molecule has 1 rings (SSSR count). The molecule has 0 saturated carbocycles. The van der Waals surface area contributed by atoms with Crippen LogP contribution in [0.5, 0.6) is 0 Å². The van der Waals surface area contributed by atoms with E-state index in [1.54, 1.807) is 0 Å². The first-order valence-electron chi connectivity index (χ1n) is 4.41. The lowest BCUT2D eigenvalue weighted by molar-refractivity contribution is -0.179. The van der Waals surface area contributed by atoms with E-state index in [1.807, 2.05) is 0 Å². The highest BCUT2D eigenvalue weighted by Crippen LogP contribution is 2.37. The Morgan fingerprint density at radius 2 is 1.81 bits per heavy atom. The zero-order chi connectivity index (χ0) is 12.5. The van der Waals surface area contributed by atoms with Gasteiger partial charge in [-0.05, 0) is 31.8 Å². The molecule has 0 aliphatic carbocycles. The van der Waals surface area contributed by atoms with E-state index < -0.39 is 18.0 Å². The number of nitrogens with zero attached hydrogens (tertiary/aromatic N) is 1. The summed E-state index contributed by atoms with van der Waals surface area (Å²) in [4.78, 5) is 1.00. The molecule has 90 valence electrons. The largest absolute Gasteiger partial charge is 0.408 e. The van der Waals surface area contributed by atoms with E-state index in [9.17, 15) is 17.6 Å². The lowest BCUT2D eigenvalue weighted by Crippen LogP contribution is -2.33. The van der Waals surface area contributed by atoms with Crippen LogP contribution in [0.15, 0.2) is 18.2 Å². The Kier molecular flexibility index (Phi) is 3.80. The summed E-state index contributed by atoms with van der Waals surface area (Å²) in [6, 6.07) is 1.22. The van der Waals surface area contributed by atoms with E-state index in [-0.39, 0.29) is 10.6 Å². The fourth-order valence-electron chi connectivity index (χ4n) is 1.46. The van der Waals surface area contributed by atoms with Crippen molar-refractivity contribution in [1.29, 1.82) is 0 Å². The van der Waals surface area contributed by atoms with Gasteiger partial charge in [-0.2, -0.15) is 13.2 Å². The highest BCUT2D eigenvalue weighted by atomic mass is 35.5. The molecule has 6 heteroatoms. The molecule has 0 spiro atoms. The first kappa shape index (κ1) is 13.3. The molecule has 1 aromatic rings. The second-order valence-corrected chi connectivity index (χ2v) is 3.99. The van der Waals surface area contributed by atoms with Crippen LogP contribution in [0.3, 0.4) is 0 Å². The molecular formula is C10H10ClF4N. The van der Waals surface area contributed by atoms with Crippen LogP contribution in [-0.4, -0.2) is 25.2 Å². The smallest absolute Gasteiger partial charge is 0.295 e. The van der Waals surface area contributed by atoms with Crippen LogP contribution >= 0.6 is 11.6 Å². The van der Waals surface area contributed by atoms with Crippen molar-refractivity contribution in [2.75, 3.05) is 14.1 Å². The van der Waals surface area contributed by atoms with Crippen LogP contribution in [0.25, 0.3) is 0 Å². The topological polar surface area (TPSA) is 3.24 Å². The van der Waals surface area contributed by atoms with Crippen molar-refractivity contribution in [3.05, 3.63) is 34.6 Å². The highest BCUT2D eigenvalue weighted by Gasteiger charge is 2.42. The zero-order valence-corrected chi connectivity index (χ0v) is 9.40. The Morgan fingerprint density at radius 3 is 2.19 bits per heavy atom. The molecule has 0 radical (unpaired) electrons. The van der Waals surface area contributed by atoms with Gasteiger partial charge in [0, 0.05) is 0 Å². The maximum atomic E-state index is 12.8. The Labute approximate surface area is 95.6 Å². The predicted octanol–water partition coefficient (Wildman–Crippen LogP) is 3.64. The normalized spacial score (nSPS) is 14.2. The molecule has 1 aromatic carbocycles. The van der Waals surface area contributed by atoms with Gasteiger partial charge in [-0.15, -0.1) is 0 Å². The van der Waals surface area contributed by atoms with Crippen molar-refractivity contribution in [2.24, 2.45) is 0 Å². The van der Waals surface area contributed by atoms with E-state index in [0.29, 0.717) is 0 Å². The quantitative estimate of drug-likeness (QED) is 0.729. The van der Waals surface area contributed by atoms with E-state index in [2.05, 4.69) is 0 Å². The molecule has 0 saturated heterocycles. The Hall–Kier alpha value is -0.810. The van der Waals surface area contributed by atoms with Gasteiger partial charge in [0.1, 0.15) is 11.9 Å². The molecule has 16 heavy (non-hydrogen) atoms. The molecule has 0 heterocycles. The van der Waals surface area contributed by atoms with Gasteiger partial charge in [-0.3, -0.25) is 4.90 Å². The minimum absolute atomic E-state index is 0.0797. The standard InChI is InChI=1S/C10H10ClF4N/c1-16(2)9(10(13,14)15)6-3-4-8(12)7(11)5-6/h3-5,9H,1-2H3. The number of rotatable bonds is 2. The highest BCUT2D eigenvalue weighted by molar-refractivity contribution is 6.30. The maximum absolute atomic E-state index is 12.8. The molecule has 0 bridgehead atoms. The third-order valence-electron chi connectivity index (χ3n) is 2.09. The first-order chi connectivity index (χ1) is 7.23. The van der Waals surface area contributed by atoms with Crippen LogP contribution in [0.4, 0.5) is 17.6 Å². The van der Waals surface area contributed by atoms with E-state index in [0.717, 1.165) is 23.1 Å². The van der Waals surface area contributed by atoms with E-state index in [1.165, 1.54) is 14.1 Å². The van der Waals surface area contributed by atoms with Gasteiger partial charge in [-0.25, -0.2) is 4.39 Å². The minimum Gasteiger partial charge on any atom is -0.295 e. The van der Waals surface area contributed by atoms with Crippen molar-refractivity contribution in [1.82, 2.24) is 4.90 Å². The molecular weight excluding hydrogens is 246 g/mol. The van der Waals surface area contributed by atoms with Crippen LogP contribution in [-0.2, 0) is 0 Å². The summed E-state index contributed by atoms with van der Waals surface area (Å²) in [6.07, 6.45) is -4.43. The number of hydrogen-bond donors (Lipinski definition) is 0. The fourth-order valence-corrected chi connectivity index (χ4v) is 1.65. The number of benzene rings is 1. The minimum atomic E-state index is -4.43. The summed E-state index contributed by atoms with van der Waals surface area (Å²) in [5.41, 5.74) is -0.0797. The monoisotopic (exact) mass is 255 g/mol. The van der Waals surface area contributed by atoms with E-state index in [4.69, 9.17) is 11.6 Å². The van der Waals surface area contributed by atoms with Crippen molar-refractivity contribution in [3.8, 4) is 0 Å². The van der Waals surface area contributed by atoms with Crippen LogP contribution in [0, 0.1) is 5.82 Å². The molecule has 0 aliphatic rings. The average molecular weight is 256 g/mol. The molecule has 0 aromatic heterocycles. The third-order valence-corrected chi connectivity index (χ3v) is 2.38. The molecule has 0 aliphatic heterocycles. The molecule has 1 nitrogen and oxygen atoms in total. The summed E-state index contributed by atoms with van der Waals surface area (Å²) in [5, 5.41) is -0.311. The fraction of sp³-hybridized carbons (Fsp3) is 0.400. The van der Waals surface area contributed by atoms with Crippen LogP contribution in [0.1, 0.15) is 11.6 Å². The maximum Gasteiger partial charge on any atom is 0.408 e. The predicted molar refractivity (Wildman–Crippen MR) is 53.9 cm³/mol. The summed E-state index contributed by atoms with van der Waals surface area (Å²) >= 11 is 5.45. The van der Waals surface area contributed by atoms with Crippen LogP contribution in [0.2, 0.25) is 5.02 Å².